The van der Waals surface area contributed by atoms with Gasteiger partial charge in [0.15, 0.2) is 0 Å². The van der Waals surface area contributed by atoms with Crippen LogP contribution in [0.5, 0.6) is 0 Å². The van der Waals surface area contributed by atoms with E-state index in [9.17, 15) is 0 Å². The first-order valence-electron chi connectivity index (χ1n) is 7.22. The van der Waals surface area contributed by atoms with Crippen LogP contribution in [-0.2, 0) is 12.8 Å². The van der Waals surface area contributed by atoms with E-state index in [1.165, 1.54) is 29.7 Å². The summed E-state index contributed by atoms with van der Waals surface area (Å²) in [7, 11) is 0. The minimum absolute atomic E-state index is 0.578. The Balaban J connectivity index is 1.66. The quantitative estimate of drug-likeness (QED) is 0.512. The predicted octanol–water partition coefficient (Wildman–Crippen LogP) is 5.45. The summed E-state index contributed by atoms with van der Waals surface area (Å²) in [5.74, 6) is 1.71. The van der Waals surface area contributed by atoms with Gasteiger partial charge in [0, 0.05) is 21.9 Å². The molecule has 0 heterocycles. The standard InChI is InChI=1S/C18H19BrS/c19-12-17(14-5-2-1-3-6-14)13-20-18-10-9-15-7-4-8-16(15)11-18/h1-3,5-6,9-11,17H,4,7-8,12-13H2. The van der Waals surface area contributed by atoms with Gasteiger partial charge in [0.1, 0.15) is 0 Å². The molecule has 1 aliphatic rings. The van der Waals surface area contributed by atoms with Crippen molar-refractivity contribution < 1.29 is 0 Å². The zero-order valence-electron chi connectivity index (χ0n) is 11.5. The van der Waals surface area contributed by atoms with Crippen molar-refractivity contribution >= 4 is 27.7 Å². The van der Waals surface area contributed by atoms with Gasteiger partial charge < -0.3 is 0 Å². The molecule has 0 bridgehead atoms. The minimum atomic E-state index is 0.578. The maximum Gasteiger partial charge on any atom is 0.0108 e. The summed E-state index contributed by atoms with van der Waals surface area (Å²) < 4.78 is 0. The summed E-state index contributed by atoms with van der Waals surface area (Å²) in [6.45, 7) is 0. The molecule has 20 heavy (non-hydrogen) atoms. The summed E-state index contributed by atoms with van der Waals surface area (Å²) in [4.78, 5) is 1.42. The number of rotatable bonds is 5. The molecule has 1 atom stereocenters. The molecule has 0 spiro atoms. The zero-order valence-corrected chi connectivity index (χ0v) is 13.9. The maximum absolute atomic E-state index is 3.66. The second kappa shape index (κ2) is 6.82. The number of thioether (sulfide) groups is 1. The SMILES string of the molecule is BrCC(CSc1ccc2c(c1)CCC2)c1ccccc1. The van der Waals surface area contributed by atoms with Gasteiger partial charge in [-0.25, -0.2) is 0 Å². The number of aryl methyl sites for hydroxylation is 2. The third-order valence-corrected chi connectivity index (χ3v) is 5.92. The van der Waals surface area contributed by atoms with Crippen molar-refractivity contribution in [3.05, 3.63) is 65.2 Å². The highest BCUT2D eigenvalue weighted by molar-refractivity contribution is 9.09. The summed E-state index contributed by atoms with van der Waals surface area (Å²) in [6.07, 6.45) is 3.87. The van der Waals surface area contributed by atoms with Gasteiger partial charge in [0.25, 0.3) is 0 Å². The molecular formula is C18H19BrS. The lowest BCUT2D eigenvalue weighted by molar-refractivity contribution is 0.902. The average molecular weight is 347 g/mol. The Morgan fingerprint density at radius 3 is 2.60 bits per heavy atom. The second-order valence-corrected chi connectivity index (χ2v) is 7.10. The lowest BCUT2D eigenvalue weighted by Crippen LogP contribution is -2.03. The van der Waals surface area contributed by atoms with Gasteiger partial charge in [-0.15, -0.1) is 11.8 Å². The van der Waals surface area contributed by atoms with Gasteiger partial charge in [-0.2, -0.15) is 0 Å². The molecule has 0 saturated carbocycles. The Morgan fingerprint density at radius 1 is 1.00 bits per heavy atom. The van der Waals surface area contributed by atoms with E-state index >= 15 is 0 Å². The molecule has 1 unspecified atom stereocenters. The van der Waals surface area contributed by atoms with E-state index in [0.29, 0.717) is 5.92 Å². The Hall–Kier alpha value is -0.730. The lowest BCUT2D eigenvalue weighted by Gasteiger charge is -2.14. The maximum atomic E-state index is 3.66. The molecule has 0 saturated heterocycles. The van der Waals surface area contributed by atoms with Crippen LogP contribution in [0.1, 0.15) is 29.0 Å². The van der Waals surface area contributed by atoms with Crippen LogP contribution in [0.2, 0.25) is 0 Å². The highest BCUT2D eigenvalue weighted by Crippen LogP contribution is 2.31. The van der Waals surface area contributed by atoms with E-state index in [4.69, 9.17) is 0 Å². The largest absolute Gasteiger partial charge is 0.125 e. The Bertz CT molecular complexity index is 565. The third-order valence-electron chi connectivity index (χ3n) is 3.98. The van der Waals surface area contributed by atoms with E-state index < -0.39 is 0 Å². The van der Waals surface area contributed by atoms with Gasteiger partial charge in [0.05, 0.1) is 0 Å². The van der Waals surface area contributed by atoms with Crippen molar-refractivity contribution in [1.82, 2.24) is 0 Å². The molecule has 0 radical (unpaired) electrons. The normalized spacial score (nSPS) is 15.1. The Morgan fingerprint density at radius 2 is 1.80 bits per heavy atom. The van der Waals surface area contributed by atoms with Gasteiger partial charge in [-0.3, -0.25) is 0 Å². The van der Waals surface area contributed by atoms with Crippen LogP contribution >= 0.6 is 27.7 Å². The van der Waals surface area contributed by atoms with Gasteiger partial charge in [0.2, 0.25) is 0 Å². The number of benzene rings is 2. The Labute approximate surface area is 134 Å². The first-order chi connectivity index (χ1) is 9.86. The average Bonchev–Trinajstić information content (AvgIpc) is 2.96. The zero-order chi connectivity index (χ0) is 13.8. The van der Waals surface area contributed by atoms with Crippen molar-refractivity contribution in [2.45, 2.75) is 30.1 Å². The highest BCUT2D eigenvalue weighted by atomic mass is 79.9. The van der Waals surface area contributed by atoms with Crippen molar-refractivity contribution in [3.63, 3.8) is 0 Å². The molecule has 0 fully saturated rings. The van der Waals surface area contributed by atoms with E-state index in [0.717, 1.165) is 11.1 Å². The first kappa shape index (κ1) is 14.2. The van der Waals surface area contributed by atoms with E-state index in [1.54, 1.807) is 11.1 Å². The summed E-state index contributed by atoms with van der Waals surface area (Å²) in [5, 5.41) is 1.02. The predicted molar refractivity (Wildman–Crippen MR) is 92.2 cm³/mol. The first-order valence-corrected chi connectivity index (χ1v) is 9.33. The minimum Gasteiger partial charge on any atom is -0.125 e. The van der Waals surface area contributed by atoms with Crippen LogP contribution in [0.4, 0.5) is 0 Å². The van der Waals surface area contributed by atoms with Gasteiger partial charge in [-0.05, 0) is 48.1 Å². The number of hydrogen-bond donors (Lipinski definition) is 0. The molecule has 1 aliphatic carbocycles. The highest BCUT2D eigenvalue weighted by Gasteiger charge is 2.13. The number of fused-ring (bicyclic) bond motifs is 1. The smallest absolute Gasteiger partial charge is 0.0108 e. The molecule has 3 rings (SSSR count). The number of halogens is 1. The van der Waals surface area contributed by atoms with Crippen LogP contribution in [0.25, 0.3) is 0 Å². The van der Waals surface area contributed by atoms with Crippen molar-refractivity contribution in [3.8, 4) is 0 Å². The van der Waals surface area contributed by atoms with Crippen molar-refractivity contribution in [2.75, 3.05) is 11.1 Å². The molecule has 2 aromatic rings. The van der Waals surface area contributed by atoms with Crippen molar-refractivity contribution in [2.24, 2.45) is 0 Å². The van der Waals surface area contributed by atoms with Crippen LogP contribution in [0.15, 0.2) is 53.4 Å². The van der Waals surface area contributed by atoms with E-state index in [-0.39, 0.29) is 0 Å². The molecule has 2 aromatic carbocycles. The number of alkyl halides is 1. The fourth-order valence-electron chi connectivity index (χ4n) is 2.79. The molecule has 0 N–H and O–H groups in total. The molecule has 0 aliphatic heterocycles. The summed E-state index contributed by atoms with van der Waals surface area (Å²) >= 11 is 5.65. The Kier molecular flexibility index (Phi) is 4.85. The van der Waals surface area contributed by atoms with E-state index in [2.05, 4.69) is 64.5 Å². The molecular weight excluding hydrogens is 328 g/mol. The summed E-state index contributed by atoms with van der Waals surface area (Å²) in [5.41, 5.74) is 4.57. The fraction of sp³-hybridized carbons (Fsp3) is 0.333. The third kappa shape index (κ3) is 3.29. The molecule has 2 heteroatoms. The fourth-order valence-corrected chi connectivity index (χ4v) is 4.79. The van der Waals surface area contributed by atoms with Gasteiger partial charge in [-0.1, -0.05) is 52.3 Å². The van der Waals surface area contributed by atoms with Crippen LogP contribution in [0.3, 0.4) is 0 Å². The van der Waals surface area contributed by atoms with Crippen LogP contribution < -0.4 is 0 Å². The monoisotopic (exact) mass is 346 g/mol. The molecule has 0 aromatic heterocycles. The molecule has 0 nitrogen and oxygen atoms in total. The number of hydrogen-bond acceptors (Lipinski definition) is 1. The van der Waals surface area contributed by atoms with Gasteiger partial charge >= 0.3 is 0 Å². The van der Waals surface area contributed by atoms with E-state index in [1.807, 2.05) is 11.8 Å². The van der Waals surface area contributed by atoms with Crippen LogP contribution in [-0.4, -0.2) is 11.1 Å². The topological polar surface area (TPSA) is 0 Å². The van der Waals surface area contributed by atoms with Crippen molar-refractivity contribution in [1.29, 1.82) is 0 Å². The summed E-state index contributed by atoms with van der Waals surface area (Å²) in [6, 6.07) is 17.8. The molecule has 104 valence electrons. The second-order valence-electron chi connectivity index (χ2n) is 5.36. The molecule has 0 amide bonds. The van der Waals surface area contributed by atoms with Crippen LogP contribution in [0, 0.1) is 0 Å². The lowest BCUT2D eigenvalue weighted by atomic mass is 10.0.